The van der Waals surface area contributed by atoms with Gasteiger partial charge < -0.3 is 4.42 Å². The van der Waals surface area contributed by atoms with Crippen molar-refractivity contribution in [2.45, 2.75) is 6.42 Å². The smallest absolute Gasteiger partial charge is 0.181 e. The molecular formula is C9H8ClNO. The Morgan fingerprint density at radius 1 is 1.42 bits per heavy atom. The van der Waals surface area contributed by atoms with Crippen molar-refractivity contribution in [1.82, 2.24) is 4.98 Å². The summed E-state index contributed by atoms with van der Waals surface area (Å²) in [5, 5.41) is 0. The lowest BCUT2D eigenvalue weighted by Gasteiger charge is -1.94. The Morgan fingerprint density at radius 2 is 2.33 bits per heavy atom. The first-order valence-corrected chi connectivity index (χ1v) is 4.32. The quantitative estimate of drug-likeness (QED) is 0.666. The van der Waals surface area contributed by atoms with Crippen LogP contribution >= 0.6 is 11.6 Å². The Labute approximate surface area is 75.2 Å². The molecule has 0 fully saturated rings. The number of rotatable bonds is 2. The summed E-state index contributed by atoms with van der Waals surface area (Å²) in [5.74, 6) is 0.639. The number of nitrogens with zero attached hydrogens (tertiary/aromatic N) is 1. The Balaban J connectivity index is 2.46. The minimum Gasteiger partial charge on any atom is -0.443 e. The van der Waals surface area contributed by atoms with Gasteiger partial charge in [-0.3, -0.25) is 0 Å². The summed E-state index contributed by atoms with van der Waals surface area (Å²) in [5.41, 5.74) is 2.92. The topological polar surface area (TPSA) is 26.0 Å². The van der Waals surface area contributed by atoms with Gasteiger partial charge in [-0.15, -0.1) is 11.6 Å². The molecular weight excluding hydrogens is 174 g/mol. The number of aromatic nitrogens is 1. The lowest BCUT2D eigenvalue weighted by Crippen LogP contribution is -1.84. The van der Waals surface area contributed by atoms with E-state index in [2.05, 4.69) is 4.98 Å². The lowest BCUT2D eigenvalue weighted by molar-refractivity contribution is 0.602. The first kappa shape index (κ1) is 7.62. The van der Waals surface area contributed by atoms with Gasteiger partial charge in [-0.05, 0) is 24.1 Å². The maximum atomic E-state index is 5.61. The number of hydrogen-bond acceptors (Lipinski definition) is 2. The summed E-state index contributed by atoms with van der Waals surface area (Å²) in [6.45, 7) is 0. The molecule has 12 heavy (non-hydrogen) atoms. The van der Waals surface area contributed by atoms with Gasteiger partial charge in [0.15, 0.2) is 12.0 Å². The fourth-order valence-corrected chi connectivity index (χ4v) is 1.38. The molecule has 0 radical (unpaired) electrons. The van der Waals surface area contributed by atoms with E-state index in [1.165, 1.54) is 12.0 Å². The summed E-state index contributed by atoms with van der Waals surface area (Å²) in [6, 6.07) is 5.94. The fourth-order valence-electron chi connectivity index (χ4n) is 1.16. The summed E-state index contributed by atoms with van der Waals surface area (Å²) in [4.78, 5) is 4.02. The molecule has 2 aromatic rings. The van der Waals surface area contributed by atoms with Crippen molar-refractivity contribution in [3.05, 3.63) is 30.2 Å². The highest BCUT2D eigenvalue weighted by Gasteiger charge is 1.98. The minimum absolute atomic E-state index is 0.639. The summed E-state index contributed by atoms with van der Waals surface area (Å²) in [7, 11) is 0. The van der Waals surface area contributed by atoms with E-state index in [0.29, 0.717) is 5.88 Å². The van der Waals surface area contributed by atoms with Crippen LogP contribution in [0.3, 0.4) is 0 Å². The normalized spacial score (nSPS) is 10.8. The fraction of sp³-hybridized carbons (Fsp3) is 0.222. The molecule has 0 aliphatic carbocycles. The average Bonchev–Trinajstić information content (AvgIpc) is 2.51. The standard InChI is InChI=1S/C9H8ClNO/c10-4-3-7-1-2-8-9(5-7)12-6-11-8/h1-2,5-6H,3-4H2. The van der Waals surface area contributed by atoms with Crippen molar-refractivity contribution in [2.75, 3.05) is 5.88 Å². The molecule has 2 rings (SSSR count). The van der Waals surface area contributed by atoms with Crippen LogP contribution in [0, 0.1) is 0 Å². The second-order valence-electron chi connectivity index (χ2n) is 2.59. The number of halogens is 1. The largest absolute Gasteiger partial charge is 0.443 e. The molecule has 0 aliphatic rings. The van der Waals surface area contributed by atoms with Crippen LogP contribution < -0.4 is 0 Å². The van der Waals surface area contributed by atoms with Crippen LogP contribution in [0.1, 0.15) is 5.56 Å². The molecule has 0 amide bonds. The zero-order valence-corrected chi connectivity index (χ0v) is 7.21. The van der Waals surface area contributed by atoms with Crippen molar-refractivity contribution in [3.8, 4) is 0 Å². The van der Waals surface area contributed by atoms with Gasteiger partial charge >= 0.3 is 0 Å². The predicted octanol–water partition coefficient (Wildman–Crippen LogP) is 2.61. The van der Waals surface area contributed by atoms with Crippen LogP contribution in [0.4, 0.5) is 0 Å². The molecule has 0 bridgehead atoms. The van der Waals surface area contributed by atoms with Crippen LogP contribution in [0.5, 0.6) is 0 Å². The van der Waals surface area contributed by atoms with Crippen LogP contribution in [0.2, 0.25) is 0 Å². The van der Waals surface area contributed by atoms with E-state index < -0.39 is 0 Å². The first-order valence-electron chi connectivity index (χ1n) is 3.78. The van der Waals surface area contributed by atoms with Crippen molar-refractivity contribution in [2.24, 2.45) is 0 Å². The Morgan fingerprint density at radius 3 is 3.17 bits per heavy atom. The van der Waals surface area contributed by atoms with Gasteiger partial charge in [0, 0.05) is 5.88 Å². The highest BCUT2D eigenvalue weighted by Crippen LogP contribution is 2.14. The molecule has 3 heteroatoms. The van der Waals surface area contributed by atoms with Crippen molar-refractivity contribution < 1.29 is 4.42 Å². The minimum atomic E-state index is 0.639. The number of hydrogen-bond donors (Lipinski definition) is 0. The molecule has 1 aromatic carbocycles. The number of alkyl halides is 1. The zero-order chi connectivity index (χ0) is 8.39. The molecule has 1 heterocycles. The molecule has 0 spiro atoms. The molecule has 0 saturated heterocycles. The predicted molar refractivity (Wildman–Crippen MR) is 48.4 cm³/mol. The summed E-state index contributed by atoms with van der Waals surface area (Å²) in [6.07, 6.45) is 2.33. The van der Waals surface area contributed by atoms with Crippen molar-refractivity contribution in [1.29, 1.82) is 0 Å². The monoisotopic (exact) mass is 181 g/mol. The van der Waals surface area contributed by atoms with Gasteiger partial charge in [-0.1, -0.05) is 6.07 Å². The maximum absolute atomic E-state index is 5.61. The molecule has 62 valence electrons. The molecule has 0 aliphatic heterocycles. The van der Waals surface area contributed by atoms with Crippen LogP contribution in [0.25, 0.3) is 11.1 Å². The van der Waals surface area contributed by atoms with Gasteiger partial charge in [-0.2, -0.15) is 0 Å². The van der Waals surface area contributed by atoms with E-state index in [4.69, 9.17) is 16.0 Å². The Kier molecular flexibility index (Phi) is 2.00. The molecule has 0 atom stereocenters. The third-order valence-corrected chi connectivity index (χ3v) is 1.97. The number of aryl methyl sites for hydroxylation is 1. The summed E-state index contributed by atoms with van der Waals surface area (Å²) >= 11 is 5.61. The Hall–Kier alpha value is -1.02. The van der Waals surface area contributed by atoms with E-state index in [0.717, 1.165) is 17.5 Å². The number of fused-ring (bicyclic) bond motifs is 1. The van der Waals surface area contributed by atoms with Crippen LogP contribution in [0.15, 0.2) is 29.0 Å². The SMILES string of the molecule is ClCCc1ccc2ncoc2c1. The van der Waals surface area contributed by atoms with Crippen molar-refractivity contribution in [3.63, 3.8) is 0 Å². The highest BCUT2D eigenvalue weighted by atomic mass is 35.5. The summed E-state index contributed by atoms with van der Waals surface area (Å²) < 4.78 is 5.15. The highest BCUT2D eigenvalue weighted by molar-refractivity contribution is 6.18. The van der Waals surface area contributed by atoms with E-state index in [1.807, 2.05) is 18.2 Å². The van der Waals surface area contributed by atoms with Crippen LogP contribution in [-0.4, -0.2) is 10.9 Å². The van der Waals surface area contributed by atoms with E-state index in [-0.39, 0.29) is 0 Å². The molecule has 2 nitrogen and oxygen atoms in total. The average molecular weight is 182 g/mol. The number of oxazole rings is 1. The second-order valence-corrected chi connectivity index (χ2v) is 2.97. The van der Waals surface area contributed by atoms with Gasteiger partial charge in [0.2, 0.25) is 0 Å². The van der Waals surface area contributed by atoms with Crippen LogP contribution in [-0.2, 0) is 6.42 Å². The third-order valence-electron chi connectivity index (χ3n) is 1.78. The van der Waals surface area contributed by atoms with Gasteiger partial charge in [0.25, 0.3) is 0 Å². The zero-order valence-electron chi connectivity index (χ0n) is 6.46. The van der Waals surface area contributed by atoms with Crippen molar-refractivity contribution >= 4 is 22.7 Å². The molecule has 0 unspecified atom stereocenters. The van der Waals surface area contributed by atoms with E-state index in [9.17, 15) is 0 Å². The Bertz CT molecular complexity index is 383. The third kappa shape index (κ3) is 1.30. The van der Waals surface area contributed by atoms with E-state index in [1.54, 1.807) is 0 Å². The molecule has 1 aromatic heterocycles. The maximum Gasteiger partial charge on any atom is 0.181 e. The van der Waals surface area contributed by atoms with Gasteiger partial charge in [0.05, 0.1) is 0 Å². The lowest BCUT2D eigenvalue weighted by atomic mass is 10.1. The second kappa shape index (κ2) is 3.15. The van der Waals surface area contributed by atoms with Gasteiger partial charge in [0.1, 0.15) is 5.52 Å². The molecule has 0 N–H and O–H groups in total. The van der Waals surface area contributed by atoms with Gasteiger partial charge in [-0.25, -0.2) is 4.98 Å². The van der Waals surface area contributed by atoms with E-state index >= 15 is 0 Å². The first-order chi connectivity index (χ1) is 5.90. The number of benzene rings is 1. The molecule has 0 saturated carbocycles.